The highest BCUT2D eigenvalue weighted by molar-refractivity contribution is 7.99. The van der Waals surface area contributed by atoms with Crippen molar-refractivity contribution in [2.75, 3.05) is 26.5 Å². The number of aryl methyl sites for hydroxylation is 1. The summed E-state index contributed by atoms with van der Waals surface area (Å²) in [5, 5.41) is 2.98. The number of methoxy groups -OCH3 is 2. The fourth-order valence-electron chi connectivity index (χ4n) is 2.42. The zero-order chi connectivity index (χ0) is 17.9. The van der Waals surface area contributed by atoms with E-state index in [1.807, 2.05) is 36.4 Å². The molecule has 0 saturated carbocycles. The van der Waals surface area contributed by atoms with Crippen LogP contribution in [0.25, 0.3) is 0 Å². The molecule has 0 bridgehead atoms. The third-order valence-corrected chi connectivity index (χ3v) is 4.77. The Balaban J connectivity index is 1.63. The first-order valence-corrected chi connectivity index (χ1v) is 9.37. The number of amides is 1. The van der Waals surface area contributed by atoms with Crippen LogP contribution in [0.2, 0.25) is 0 Å². The predicted octanol–water partition coefficient (Wildman–Crippen LogP) is 3.94. The van der Waals surface area contributed by atoms with Crippen LogP contribution < -0.4 is 14.8 Å². The van der Waals surface area contributed by atoms with Gasteiger partial charge in [-0.1, -0.05) is 24.3 Å². The van der Waals surface area contributed by atoms with Crippen molar-refractivity contribution in [2.24, 2.45) is 0 Å². The van der Waals surface area contributed by atoms with Gasteiger partial charge in [0.1, 0.15) is 0 Å². The van der Waals surface area contributed by atoms with Crippen molar-refractivity contribution in [3.05, 3.63) is 54.1 Å². The van der Waals surface area contributed by atoms with Gasteiger partial charge in [-0.3, -0.25) is 4.79 Å². The summed E-state index contributed by atoms with van der Waals surface area (Å²) in [6.07, 6.45) is 2.32. The first-order valence-electron chi connectivity index (χ1n) is 8.38. The standard InChI is InChI=1S/C20H25NO3S/c1-23-18-11-10-16(15-19(18)24-2)7-6-13-21-20(22)12-14-25-17-8-4-3-5-9-17/h3-5,8-11,15H,6-7,12-14H2,1-2H3,(H,21,22). The molecule has 2 aromatic rings. The largest absolute Gasteiger partial charge is 0.493 e. The summed E-state index contributed by atoms with van der Waals surface area (Å²) in [4.78, 5) is 13.1. The Labute approximate surface area is 153 Å². The molecule has 0 heterocycles. The van der Waals surface area contributed by atoms with Crippen molar-refractivity contribution in [1.82, 2.24) is 5.32 Å². The Hall–Kier alpha value is -2.14. The molecule has 25 heavy (non-hydrogen) atoms. The highest BCUT2D eigenvalue weighted by Gasteiger charge is 2.05. The van der Waals surface area contributed by atoms with Gasteiger partial charge in [-0.2, -0.15) is 0 Å². The maximum atomic E-state index is 11.9. The van der Waals surface area contributed by atoms with Gasteiger partial charge in [-0.05, 0) is 42.7 Å². The number of hydrogen-bond acceptors (Lipinski definition) is 4. The van der Waals surface area contributed by atoms with Crippen LogP contribution in [0.1, 0.15) is 18.4 Å². The predicted molar refractivity (Wildman–Crippen MR) is 103 cm³/mol. The Kier molecular flexibility index (Phi) is 8.19. The number of hydrogen-bond donors (Lipinski definition) is 1. The normalized spacial score (nSPS) is 10.3. The Morgan fingerprint density at radius 2 is 1.80 bits per heavy atom. The molecule has 1 N–H and O–H groups in total. The molecule has 0 unspecified atom stereocenters. The summed E-state index contributed by atoms with van der Waals surface area (Å²) in [5.41, 5.74) is 1.17. The van der Waals surface area contributed by atoms with Crippen LogP contribution in [0.5, 0.6) is 11.5 Å². The lowest BCUT2D eigenvalue weighted by Gasteiger charge is -2.10. The second kappa shape index (κ2) is 10.7. The highest BCUT2D eigenvalue weighted by Crippen LogP contribution is 2.27. The van der Waals surface area contributed by atoms with E-state index in [0.717, 1.165) is 30.1 Å². The maximum absolute atomic E-state index is 11.9. The van der Waals surface area contributed by atoms with Crippen LogP contribution in [0, 0.1) is 0 Å². The minimum atomic E-state index is 0.107. The average molecular weight is 359 g/mol. The Morgan fingerprint density at radius 1 is 1.04 bits per heavy atom. The van der Waals surface area contributed by atoms with Crippen molar-refractivity contribution in [3.8, 4) is 11.5 Å². The fraction of sp³-hybridized carbons (Fsp3) is 0.350. The zero-order valence-electron chi connectivity index (χ0n) is 14.8. The van der Waals surface area contributed by atoms with Crippen LogP contribution >= 0.6 is 11.8 Å². The third-order valence-electron chi connectivity index (χ3n) is 3.75. The minimum absolute atomic E-state index is 0.107. The van der Waals surface area contributed by atoms with E-state index in [1.165, 1.54) is 10.5 Å². The van der Waals surface area contributed by atoms with E-state index >= 15 is 0 Å². The van der Waals surface area contributed by atoms with Crippen LogP contribution in [-0.2, 0) is 11.2 Å². The van der Waals surface area contributed by atoms with Gasteiger partial charge in [-0.15, -0.1) is 11.8 Å². The van der Waals surface area contributed by atoms with Gasteiger partial charge in [0, 0.05) is 23.6 Å². The lowest BCUT2D eigenvalue weighted by molar-refractivity contribution is -0.120. The molecule has 134 valence electrons. The number of carbonyl (C=O) groups excluding carboxylic acids is 1. The topological polar surface area (TPSA) is 47.6 Å². The molecule has 0 aliphatic carbocycles. The lowest BCUT2D eigenvalue weighted by Crippen LogP contribution is -2.24. The van der Waals surface area contributed by atoms with Crippen molar-refractivity contribution in [2.45, 2.75) is 24.2 Å². The van der Waals surface area contributed by atoms with Crippen LogP contribution in [0.15, 0.2) is 53.4 Å². The van der Waals surface area contributed by atoms with Crippen LogP contribution in [0.3, 0.4) is 0 Å². The summed E-state index contributed by atoms with van der Waals surface area (Å²) in [6.45, 7) is 0.684. The number of benzene rings is 2. The summed E-state index contributed by atoms with van der Waals surface area (Å²) in [7, 11) is 3.26. The molecule has 0 aromatic heterocycles. The van der Waals surface area contributed by atoms with Crippen LogP contribution in [0.4, 0.5) is 0 Å². The quantitative estimate of drug-likeness (QED) is 0.516. The van der Waals surface area contributed by atoms with Crippen molar-refractivity contribution in [1.29, 1.82) is 0 Å². The maximum Gasteiger partial charge on any atom is 0.220 e. The first kappa shape index (κ1) is 19.2. The Bertz CT molecular complexity index is 661. The van der Waals surface area contributed by atoms with Gasteiger partial charge in [0.2, 0.25) is 5.91 Å². The number of ether oxygens (including phenoxy) is 2. The first-order chi connectivity index (χ1) is 12.2. The Morgan fingerprint density at radius 3 is 2.52 bits per heavy atom. The van der Waals surface area contributed by atoms with E-state index in [-0.39, 0.29) is 5.91 Å². The summed E-state index contributed by atoms with van der Waals surface area (Å²) in [6, 6.07) is 16.1. The summed E-state index contributed by atoms with van der Waals surface area (Å²) >= 11 is 1.71. The van der Waals surface area contributed by atoms with Gasteiger partial charge >= 0.3 is 0 Å². The SMILES string of the molecule is COc1ccc(CCCNC(=O)CCSc2ccccc2)cc1OC. The van der Waals surface area contributed by atoms with E-state index in [9.17, 15) is 4.79 Å². The summed E-state index contributed by atoms with van der Waals surface area (Å²) in [5.74, 6) is 2.37. The molecule has 0 saturated heterocycles. The molecular formula is C20H25NO3S. The monoisotopic (exact) mass is 359 g/mol. The van der Waals surface area contributed by atoms with E-state index in [0.29, 0.717) is 13.0 Å². The molecule has 0 spiro atoms. The smallest absolute Gasteiger partial charge is 0.220 e. The molecule has 0 atom stereocenters. The van der Waals surface area contributed by atoms with E-state index in [4.69, 9.17) is 9.47 Å². The second-order valence-corrected chi connectivity index (χ2v) is 6.72. The number of carbonyl (C=O) groups is 1. The molecule has 2 aromatic carbocycles. The van der Waals surface area contributed by atoms with Crippen LogP contribution in [-0.4, -0.2) is 32.4 Å². The molecule has 2 rings (SSSR count). The van der Waals surface area contributed by atoms with Gasteiger partial charge < -0.3 is 14.8 Å². The van der Waals surface area contributed by atoms with Gasteiger partial charge in [-0.25, -0.2) is 0 Å². The molecular weight excluding hydrogens is 334 g/mol. The molecule has 5 heteroatoms. The number of thioether (sulfide) groups is 1. The molecule has 0 radical (unpaired) electrons. The number of rotatable bonds is 10. The van der Waals surface area contributed by atoms with Crippen molar-refractivity contribution >= 4 is 17.7 Å². The van der Waals surface area contributed by atoms with E-state index in [1.54, 1.807) is 26.0 Å². The van der Waals surface area contributed by atoms with Crippen molar-refractivity contribution in [3.63, 3.8) is 0 Å². The minimum Gasteiger partial charge on any atom is -0.493 e. The molecule has 0 aliphatic heterocycles. The van der Waals surface area contributed by atoms with Gasteiger partial charge in [0.25, 0.3) is 0 Å². The van der Waals surface area contributed by atoms with Crippen molar-refractivity contribution < 1.29 is 14.3 Å². The highest BCUT2D eigenvalue weighted by atomic mass is 32.2. The average Bonchev–Trinajstić information content (AvgIpc) is 2.66. The second-order valence-electron chi connectivity index (χ2n) is 5.55. The van der Waals surface area contributed by atoms with E-state index in [2.05, 4.69) is 17.4 Å². The molecule has 1 amide bonds. The fourth-order valence-corrected chi connectivity index (χ4v) is 3.30. The molecule has 0 fully saturated rings. The number of nitrogens with one attached hydrogen (secondary N) is 1. The third kappa shape index (κ3) is 6.70. The van der Waals surface area contributed by atoms with Gasteiger partial charge in [0.15, 0.2) is 11.5 Å². The van der Waals surface area contributed by atoms with Gasteiger partial charge in [0.05, 0.1) is 14.2 Å². The molecule has 0 aliphatic rings. The molecule has 4 nitrogen and oxygen atoms in total. The zero-order valence-corrected chi connectivity index (χ0v) is 15.6. The lowest BCUT2D eigenvalue weighted by atomic mass is 10.1. The summed E-state index contributed by atoms with van der Waals surface area (Å²) < 4.78 is 10.5. The van der Waals surface area contributed by atoms with E-state index < -0.39 is 0 Å².